The zero-order chi connectivity index (χ0) is 18.0. The first-order chi connectivity index (χ1) is 11.9. The van der Waals surface area contributed by atoms with Gasteiger partial charge in [-0.1, -0.05) is 18.2 Å². The van der Waals surface area contributed by atoms with Gasteiger partial charge in [0.05, 0.1) is 31.4 Å². The molecule has 1 aliphatic rings. The Kier molecular flexibility index (Phi) is 5.12. The lowest BCUT2D eigenvalue weighted by Crippen LogP contribution is -2.44. The van der Waals surface area contributed by atoms with Crippen molar-refractivity contribution in [1.82, 2.24) is 14.6 Å². The smallest absolute Gasteiger partial charge is 0.224 e. The predicted molar refractivity (Wildman–Crippen MR) is 95.7 cm³/mol. The summed E-state index contributed by atoms with van der Waals surface area (Å²) in [6.07, 6.45) is 2.08. The van der Waals surface area contributed by atoms with Crippen LogP contribution in [0.3, 0.4) is 0 Å². The number of carbonyl (C=O) groups is 1. The molecule has 0 spiro atoms. The number of H-pyrrole nitrogens is 1. The second-order valence-electron chi connectivity index (χ2n) is 6.57. The van der Waals surface area contributed by atoms with Gasteiger partial charge < -0.3 is 15.0 Å². The minimum Gasteiger partial charge on any atom is -0.379 e. The van der Waals surface area contributed by atoms with E-state index in [1.807, 2.05) is 30.5 Å². The summed E-state index contributed by atoms with van der Waals surface area (Å²) in [7, 11) is -0.313. The third kappa shape index (κ3) is 4.02. The number of benzene rings is 1. The van der Waals surface area contributed by atoms with Crippen molar-refractivity contribution in [3.05, 3.63) is 36.0 Å². The molecule has 136 valence electrons. The quantitative estimate of drug-likeness (QED) is 0.790. The summed E-state index contributed by atoms with van der Waals surface area (Å²) in [5.74, 6) is -0.398. The Morgan fingerprint density at radius 2 is 2.08 bits per heavy atom. The maximum atomic E-state index is 12.4. The lowest BCUT2D eigenvalue weighted by Gasteiger charge is -2.21. The zero-order valence-electron chi connectivity index (χ0n) is 14.4. The van der Waals surface area contributed by atoms with Crippen LogP contribution in [0.15, 0.2) is 30.5 Å². The number of aromatic nitrogens is 1. The molecule has 8 heteroatoms. The minimum absolute atomic E-state index is 0.0297. The second kappa shape index (κ2) is 7.15. The highest BCUT2D eigenvalue weighted by Gasteiger charge is 2.34. The molecule has 1 amide bonds. The first-order valence-corrected chi connectivity index (χ1v) is 9.80. The van der Waals surface area contributed by atoms with E-state index in [9.17, 15) is 13.2 Å². The van der Waals surface area contributed by atoms with Gasteiger partial charge in [0, 0.05) is 37.1 Å². The number of hydrogen-bond acceptors (Lipinski definition) is 4. The van der Waals surface area contributed by atoms with Crippen LogP contribution >= 0.6 is 0 Å². The predicted octanol–water partition coefficient (Wildman–Crippen LogP) is 0.733. The van der Waals surface area contributed by atoms with E-state index < -0.39 is 10.0 Å². The SMILES string of the molecule is CN(C)S(=O)(=O)C[C@@H]1COC[C@@H]1NC(=O)Cc1c[nH]c2ccccc12. The number of rotatable bonds is 6. The fourth-order valence-corrected chi connectivity index (χ4v) is 4.22. The normalized spacial score (nSPS) is 21.1. The Hall–Kier alpha value is -1.90. The average molecular weight is 365 g/mol. The van der Waals surface area contributed by atoms with E-state index in [4.69, 9.17) is 4.74 Å². The lowest BCUT2D eigenvalue weighted by molar-refractivity contribution is -0.121. The van der Waals surface area contributed by atoms with Crippen LogP contribution in [0.4, 0.5) is 0 Å². The third-order valence-electron chi connectivity index (χ3n) is 4.55. The maximum absolute atomic E-state index is 12.4. The van der Waals surface area contributed by atoms with Crippen molar-refractivity contribution in [3.8, 4) is 0 Å². The van der Waals surface area contributed by atoms with Crippen molar-refractivity contribution < 1.29 is 17.9 Å². The number of nitrogens with zero attached hydrogens (tertiary/aromatic N) is 1. The van der Waals surface area contributed by atoms with Crippen molar-refractivity contribution in [2.45, 2.75) is 12.5 Å². The molecule has 2 atom stereocenters. The highest BCUT2D eigenvalue weighted by atomic mass is 32.2. The molecule has 0 saturated carbocycles. The summed E-state index contributed by atoms with van der Waals surface area (Å²) in [5, 5.41) is 3.95. The van der Waals surface area contributed by atoms with E-state index in [0.29, 0.717) is 13.2 Å². The van der Waals surface area contributed by atoms with E-state index in [1.165, 1.54) is 18.4 Å². The summed E-state index contributed by atoms with van der Waals surface area (Å²) >= 11 is 0. The van der Waals surface area contributed by atoms with Gasteiger partial charge in [0.1, 0.15) is 0 Å². The Morgan fingerprint density at radius 1 is 1.32 bits per heavy atom. The average Bonchev–Trinajstić information content (AvgIpc) is 3.15. The van der Waals surface area contributed by atoms with E-state index in [2.05, 4.69) is 10.3 Å². The number of para-hydroxylation sites is 1. The fraction of sp³-hybridized carbons (Fsp3) is 0.471. The van der Waals surface area contributed by atoms with Gasteiger partial charge >= 0.3 is 0 Å². The van der Waals surface area contributed by atoms with Crippen LogP contribution in [0.1, 0.15) is 5.56 Å². The molecule has 0 unspecified atom stereocenters. The summed E-state index contributed by atoms with van der Waals surface area (Å²) in [6.45, 7) is 0.679. The zero-order valence-corrected chi connectivity index (χ0v) is 15.2. The van der Waals surface area contributed by atoms with Crippen LogP contribution in [0.2, 0.25) is 0 Å². The van der Waals surface area contributed by atoms with Crippen LogP contribution in [0, 0.1) is 5.92 Å². The summed E-state index contributed by atoms with van der Waals surface area (Å²) in [6, 6.07) is 7.52. The number of amides is 1. The molecule has 3 rings (SSSR count). The molecule has 2 aromatic rings. The van der Waals surface area contributed by atoms with Gasteiger partial charge in [0.15, 0.2) is 0 Å². The monoisotopic (exact) mass is 365 g/mol. The number of sulfonamides is 1. The first kappa shape index (κ1) is 17.9. The van der Waals surface area contributed by atoms with Crippen molar-refractivity contribution >= 4 is 26.8 Å². The lowest BCUT2D eigenvalue weighted by atomic mass is 10.1. The third-order valence-corrected chi connectivity index (χ3v) is 6.51. The number of hydrogen-bond donors (Lipinski definition) is 2. The number of aromatic amines is 1. The van der Waals surface area contributed by atoms with E-state index in [-0.39, 0.29) is 30.0 Å². The van der Waals surface area contributed by atoms with Crippen molar-refractivity contribution in [2.24, 2.45) is 5.92 Å². The molecule has 0 bridgehead atoms. The number of nitrogens with one attached hydrogen (secondary N) is 2. The van der Waals surface area contributed by atoms with Crippen LogP contribution in [0.25, 0.3) is 10.9 Å². The van der Waals surface area contributed by atoms with Gasteiger partial charge in [0.25, 0.3) is 0 Å². The first-order valence-electron chi connectivity index (χ1n) is 8.19. The van der Waals surface area contributed by atoms with Crippen LogP contribution in [-0.2, 0) is 26.0 Å². The molecule has 7 nitrogen and oxygen atoms in total. The Labute approximate surface area is 147 Å². The topological polar surface area (TPSA) is 91.5 Å². The largest absolute Gasteiger partial charge is 0.379 e. The Bertz CT molecular complexity index is 860. The molecular formula is C17H23N3O4S. The minimum atomic E-state index is -3.33. The van der Waals surface area contributed by atoms with Gasteiger partial charge in [-0.15, -0.1) is 0 Å². The van der Waals surface area contributed by atoms with E-state index >= 15 is 0 Å². The van der Waals surface area contributed by atoms with Gasteiger partial charge in [-0.2, -0.15) is 0 Å². The molecular weight excluding hydrogens is 342 g/mol. The molecule has 25 heavy (non-hydrogen) atoms. The summed E-state index contributed by atoms with van der Waals surface area (Å²) in [4.78, 5) is 15.6. The van der Waals surface area contributed by atoms with Crippen LogP contribution < -0.4 is 5.32 Å². The van der Waals surface area contributed by atoms with E-state index in [0.717, 1.165) is 16.5 Å². The van der Waals surface area contributed by atoms with E-state index in [1.54, 1.807) is 0 Å². The molecule has 2 heterocycles. The fourth-order valence-electron chi connectivity index (χ4n) is 3.05. The number of carbonyl (C=O) groups excluding carboxylic acids is 1. The number of ether oxygens (including phenoxy) is 1. The highest BCUT2D eigenvalue weighted by molar-refractivity contribution is 7.89. The standard InChI is InChI=1S/C17H23N3O4S/c1-20(2)25(22,23)11-13-9-24-10-16(13)19-17(21)7-12-8-18-15-6-4-3-5-14(12)15/h3-6,8,13,16,18H,7,9-11H2,1-2H3,(H,19,21)/t13-,16-/m0/s1. The van der Waals surface area contributed by atoms with Crippen molar-refractivity contribution in [1.29, 1.82) is 0 Å². The Balaban J connectivity index is 1.64. The summed E-state index contributed by atoms with van der Waals surface area (Å²) < 4.78 is 30.8. The highest BCUT2D eigenvalue weighted by Crippen LogP contribution is 2.20. The molecule has 1 aromatic heterocycles. The van der Waals surface area contributed by atoms with Crippen LogP contribution in [-0.4, -0.2) is 62.7 Å². The number of fused-ring (bicyclic) bond motifs is 1. The molecule has 1 aliphatic heterocycles. The van der Waals surface area contributed by atoms with Gasteiger partial charge in [-0.3, -0.25) is 4.79 Å². The summed E-state index contributed by atoms with van der Waals surface area (Å²) in [5.41, 5.74) is 1.91. The van der Waals surface area contributed by atoms with Gasteiger partial charge in [-0.25, -0.2) is 12.7 Å². The molecule has 0 radical (unpaired) electrons. The van der Waals surface area contributed by atoms with Gasteiger partial charge in [-0.05, 0) is 11.6 Å². The maximum Gasteiger partial charge on any atom is 0.224 e. The molecule has 2 N–H and O–H groups in total. The molecule has 1 fully saturated rings. The van der Waals surface area contributed by atoms with Gasteiger partial charge in [0.2, 0.25) is 15.9 Å². The molecule has 1 saturated heterocycles. The molecule has 0 aliphatic carbocycles. The van der Waals surface area contributed by atoms with Crippen molar-refractivity contribution in [3.63, 3.8) is 0 Å². The second-order valence-corrected chi connectivity index (χ2v) is 8.80. The van der Waals surface area contributed by atoms with Crippen molar-refractivity contribution in [2.75, 3.05) is 33.1 Å². The van der Waals surface area contributed by atoms with Crippen LogP contribution in [0.5, 0.6) is 0 Å². The Morgan fingerprint density at radius 3 is 2.84 bits per heavy atom. The molecule has 1 aromatic carbocycles.